The highest BCUT2D eigenvalue weighted by atomic mass is 127. The minimum absolute atomic E-state index is 0.761. The standard InChI is InChI=1S/C9H12ClIOSi/c1-13(2,3)12-7-4-5-9(11)8(10)6-7/h4-6H,1-3H3. The molecule has 4 heteroatoms. The second-order valence-electron chi connectivity index (χ2n) is 3.79. The van der Waals surface area contributed by atoms with E-state index >= 15 is 0 Å². The van der Waals surface area contributed by atoms with E-state index in [1.165, 1.54) is 0 Å². The van der Waals surface area contributed by atoms with Crippen molar-refractivity contribution in [1.29, 1.82) is 0 Å². The molecule has 0 aliphatic rings. The number of benzene rings is 1. The molecule has 0 heterocycles. The maximum absolute atomic E-state index is 5.97. The first kappa shape index (κ1) is 11.3. The first-order chi connectivity index (χ1) is 5.88. The monoisotopic (exact) mass is 326 g/mol. The van der Waals surface area contributed by atoms with Crippen LogP contribution in [0.25, 0.3) is 0 Å². The Hall–Kier alpha value is 0.257. The van der Waals surface area contributed by atoms with Gasteiger partial charge >= 0.3 is 0 Å². The first-order valence-electron chi connectivity index (χ1n) is 4.02. The van der Waals surface area contributed by atoms with Gasteiger partial charge < -0.3 is 4.43 Å². The van der Waals surface area contributed by atoms with Gasteiger partial charge in [0.25, 0.3) is 0 Å². The molecule has 0 saturated carbocycles. The fourth-order valence-corrected chi connectivity index (χ4v) is 2.23. The summed E-state index contributed by atoms with van der Waals surface area (Å²) in [6.07, 6.45) is 0. The predicted octanol–water partition coefficient (Wildman–Crippen LogP) is 4.16. The molecule has 0 aliphatic heterocycles. The van der Waals surface area contributed by atoms with Crippen molar-refractivity contribution in [3.63, 3.8) is 0 Å². The van der Waals surface area contributed by atoms with E-state index in [9.17, 15) is 0 Å². The van der Waals surface area contributed by atoms with E-state index in [-0.39, 0.29) is 0 Å². The first-order valence-corrected chi connectivity index (χ1v) is 8.89. The lowest BCUT2D eigenvalue weighted by molar-refractivity contribution is 0.557. The van der Waals surface area contributed by atoms with E-state index in [2.05, 4.69) is 42.2 Å². The number of rotatable bonds is 2. The van der Waals surface area contributed by atoms with Crippen molar-refractivity contribution in [1.82, 2.24) is 0 Å². The fourth-order valence-electron chi connectivity index (χ4n) is 0.894. The number of halogens is 2. The Morgan fingerprint density at radius 3 is 2.38 bits per heavy atom. The summed E-state index contributed by atoms with van der Waals surface area (Å²) in [5.41, 5.74) is 0. The van der Waals surface area contributed by atoms with Crippen LogP contribution in [-0.2, 0) is 0 Å². The van der Waals surface area contributed by atoms with Crippen LogP contribution in [0.3, 0.4) is 0 Å². The van der Waals surface area contributed by atoms with E-state index in [1.54, 1.807) is 0 Å². The summed E-state index contributed by atoms with van der Waals surface area (Å²) in [5.74, 6) is 0.879. The minimum Gasteiger partial charge on any atom is -0.544 e. The summed E-state index contributed by atoms with van der Waals surface area (Å²) in [7, 11) is -1.50. The minimum atomic E-state index is -1.50. The molecule has 1 aromatic carbocycles. The summed E-state index contributed by atoms with van der Waals surface area (Å²) >= 11 is 8.17. The number of hydrogen-bond donors (Lipinski definition) is 0. The molecule has 1 nitrogen and oxygen atoms in total. The molecule has 0 aliphatic carbocycles. The summed E-state index contributed by atoms with van der Waals surface area (Å²) in [5, 5.41) is 0.761. The van der Waals surface area contributed by atoms with E-state index in [0.717, 1.165) is 14.3 Å². The Morgan fingerprint density at radius 2 is 1.92 bits per heavy atom. The third kappa shape index (κ3) is 3.87. The highest BCUT2D eigenvalue weighted by Crippen LogP contribution is 2.25. The van der Waals surface area contributed by atoms with Gasteiger partial charge in [-0.2, -0.15) is 0 Å². The zero-order valence-corrected chi connectivity index (χ0v) is 11.8. The summed E-state index contributed by atoms with van der Waals surface area (Å²) in [6.45, 7) is 6.45. The van der Waals surface area contributed by atoms with Crippen molar-refractivity contribution in [2.75, 3.05) is 0 Å². The van der Waals surface area contributed by atoms with Crippen LogP contribution in [0.1, 0.15) is 0 Å². The number of hydrogen-bond acceptors (Lipinski definition) is 1. The summed E-state index contributed by atoms with van der Waals surface area (Å²) < 4.78 is 6.85. The molecule has 0 radical (unpaired) electrons. The van der Waals surface area contributed by atoms with Gasteiger partial charge in [0.15, 0.2) is 0 Å². The van der Waals surface area contributed by atoms with E-state index in [0.29, 0.717) is 0 Å². The quantitative estimate of drug-likeness (QED) is 0.586. The van der Waals surface area contributed by atoms with Crippen molar-refractivity contribution in [2.24, 2.45) is 0 Å². The lowest BCUT2D eigenvalue weighted by Crippen LogP contribution is -2.29. The van der Waals surface area contributed by atoms with Crippen LogP contribution in [0.5, 0.6) is 5.75 Å². The Bertz CT molecular complexity index is 309. The normalized spacial score (nSPS) is 11.5. The molecule has 1 aromatic rings. The molecule has 13 heavy (non-hydrogen) atoms. The zero-order chi connectivity index (χ0) is 10.1. The van der Waals surface area contributed by atoms with Crippen LogP contribution < -0.4 is 4.43 Å². The Kier molecular flexibility index (Phi) is 3.65. The Balaban J connectivity index is 2.86. The smallest absolute Gasteiger partial charge is 0.242 e. The third-order valence-electron chi connectivity index (χ3n) is 1.32. The third-order valence-corrected chi connectivity index (χ3v) is 3.74. The molecule has 0 spiro atoms. The Labute approximate surface area is 98.7 Å². The van der Waals surface area contributed by atoms with E-state index in [4.69, 9.17) is 16.0 Å². The molecule has 0 N–H and O–H groups in total. The van der Waals surface area contributed by atoms with Gasteiger partial charge in [0.1, 0.15) is 5.75 Å². The average Bonchev–Trinajstić information content (AvgIpc) is 1.94. The largest absolute Gasteiger partial charge is 0.544 e. The van der Waals surface area contributed by atoms with Crippen LogP contribution in [0.2, 0.25) is 24.7 Å². The molecule has 0 unspecified atom stereocenters. The van der Waals surface area contributed by atoms with Gasteiger partial charge in [0.2, 0.25) is 8.32 Å². The van der Waals surface area contributed by atoms with Gasteiger partial charge in [-0.15, -0.1) is 0 Å². The van der Waals surface area contributed by atoms with Crippen molar-refractivity contribution in [3.8, 4) is 5.75 Å². The van der Waals surface area contributed by atoms with E-state index in [1.807, 2.05) is 18.2 Å². The molecule has 0 fully saturated rings. The SMILES string of the molecule is C[Si](C)(C)Oc1ccc(I)c(Cl)c1. The molecule has 0 atom stereocenters. The lowest BCUT2D eigenvalue weighted by atomic mass is 10.3. The van der Waals surface area contributed by atoms with Crippen LogP contribution >= 0.6 is 34.2 Å². The molecule has 72 valence electrons. The van der Waals surface area contributed by atoms with Crippen molar-refractivity contribution in [2.45, 2.75) is 19.6 Å². The van der Waals surface area contributed by atoms with Gasteiger partial charge in [-0.05, 0) is 60.4 Å². The molecular weight excluding hydrogens is 315 g/mol. The summed E-state index contributed by atoms with van der Waals surface area (Å²) in [6, 6.07) is 5.81. The Morgan fingerprint density at radius 1 is 1.31 bits per heavy atom. The van der Waals surface area contributed by atoms with Crippen molar-refractivity contribution >= 4 is 42.5 Å². The van der Waals surface area contributed by atoms with Crippen LogP contribution in [-0.4, -0.2) is 8.32 Å². The van der Waals surface area contributed by atoms with Crippen molar-refractivity contribution < 1.29 is 4.43 Å². The van der Waals surface area contributed by atoms with Crippen LogP contribution in [0, 0.1) is 3.57 Å². The topological polar surface area (TPSA) is 9.23 Å². The molecule has 0 bridgehead atoms. The molecular formula is C9H12ClIOSi. The molecule has 0 aromatic heterocycles. The maximum atomic E-state index is 5.97. The van der Waals surface area contributed by atoms with Gasteiger partial charge in [0.05, 0.1) is 5.02 Å². The average molecular weight is 327 g/mol. The second-order valence-corrected chi connectivity index (χ2v) is 9.79. The van der Waals surface area contributed by atoms with Crippen LogP contribution in [0.4, 0.5) is 0 Å². The van der Waals surface area contributed by atoms with Crippen molar-refractivity contribution in [3.05, 3.63) is 26.8 Å². The molecule has 0 amide bonds. The van der Waals surface area contributed by atoms with Gasteiger partial charge in [0, 0.05) is 3.57 Å². The maximum Gasteiger partial charge on any atom is 0.242 e. The fraction of sp³-hybridized carbons (Fsp3) is 0.333. The summed E-state index contributed by atoms with van der Waals surface area (Å²) in [4.78, 5) is 0. The lowest BCUT2D eigenvalue weighted by Gasteiger charge is -2.19. The van der Waals surface area contributed by atoms with E-state index < -0.39 is 8.32 Å². The highest BCUT2D eigenvalue weighted by Gasteiger charge is 2.16. The van der Waals surface area contributed by atoms with Gasteiger partial charge in [-0.3, -0.25) is 0 Å². The highest BCUT2D eigenvalue weighted by molar-refractivity contribution is 14.1. The van der Waals surface area contributed by atoms with Crippen LogP contribution in [0.15, 0.2) is 18.2 Å². The molecule has 1 rings (SSSR count). The van der Waals surface area contributed by atoms with Gasteiger partial charge in [-0.1, -0.05) is 11.6 Å². The second kappa shape index (κ2) is 4.19. The molecule has 0 saturated heterocycles. The zero-order valence-electron chi connectivity index (χ0n) is 7.90. The predicted molar refractivity (Wildman–Crippen MR) is 68.1 cm³/mol. The van der Waals surface area contributed by atoms with Gasteiger partial charge in [-0.25, -0.2) is 0 Å².